The summed E-state index contributed by atoms with van der Waals surface area (Å²) in [6.45, 7) is -0.580. The molecule has 0 spiro atoms. The summed E-state index contributed by atoms with van der Waals surface area (Å²) < 4.78 is 5.17. The number of nitrogens with one attached hydrogen (secondary N) is 1. The number of halogens is 1. The van der Waals surface area contributed by atoms with E-state index in [1.54, 1.807) is 6.07 Å². The van der Waals surface area contributed by atoms with Gasteiger partial charge < -0.3 is 20.3 Å². The number of amides is 1. The van der Waals surface area contributed by atoms with Crippen LogP contribution >= 0.6 is 22.6 Å². The smallest absolute Gasteiger partial charge is 0.330 e. The Morgan fingerprint density at radius 3 is 2.72 bits per heavy atom. The Labute approximate surface area is 117 Å². The second-order valence-corrected chi connectivity index (χ2v) is 4.64. The summed E-state index contributed by atoms with van der Waals surface area (Å²) >= 11 is 1.99. The van der Waals surface area contributed by atoms with E-state index in [2.05, 4.69) is 10.1 Å². The second kappa shape index (κ2) is 6.55. The number of aliphatic hydroxyl groups is 1. The van der Waals surface area contributed by atoms with Crippen LogP contribution in [0.5, 0.6) is 5.75 Å². The highest BCUT2D eigenvalue weighted by Crippen LogP contribution is 2.19. The lowest BCUT2D eigenvalue weighted by Crippen LogP contribution is -2.44. The molecule has 0 bridgehead atoms. The normalized spacial score (nSPS) is 11.7. The summed E-state index contributed by atoms with van der Waals surface area (Å²) in [5, 5.41) is 20.8. The maximum Gasteiger partial charge on any atom is 0.330 e. The molecule has 0 aromatic heterocycles. The molecular formula is C11H12INO5. The summed E-state index contributed by atoms with van der Waals surface area (Å²) in [4.78, 5) is 23.0. The molecule has 0 saturated carbocycles. The van der Waals surface area contributed by atoms with Gasteiger partial charge in [-0.05, 0) is 40.8 Å². The van der Waals surface area contributed by atoms with E-state index in [0.29, 0.717) is 0 Å². The van der Waals surface area contributed by atoms with Gasteiger partial charge in [0.15, 0.2) is 6.04 Å². The molecule has 1 rings (SSSR count). The lowest BCUT2D eigenvalue weighted by molar-refractivity contribution is -0.143. The average Bonchev–Trinajstić information content (AvgIpc) is 2.37. The molecule has 0 aliphatic carbocycles. The first-order valence-electron chi connectivity index (χ1n) is 4.97. The highest BCUT2D eigenvalue weighted by molar-refractivity contribution is 14.1. The summed E-state index contributed by atoms with van der Waals surface area (Å²) in [5.74, 6) is -1.61. The molecule has 0 radical (unpaired) electrons. The van der Waals surface area contributed by atoms with E-state index in [1.165, 1.54) is 12.1 Å². The van der Waals surface area contributed by atoms with Crippen molar-refractivity contribution in [1.29, 1.82) is 0 Å². The molecule has 7 heteroatoms. The number of phenolic OH excluding ortho intramolecular Hbond substituents is 1. The van der Waals surface area contributed by atoms with Gasteiger partial charge in [-0.3, -0.25) is 4.79 Å². The van der Waals surface area contributed by atoms with Crippen molar-refractivity contribution in [3.05, 3.63) is 27.3 Å². The number of aromatic hydroxyl groups is 1. The fourth-order valence-electron chi connectivity index (χ4n) is 1.25. The van der Waals surface area contributed by atoms with Gasteiger partial charge in [-0.25, -0.2) is 4.79 Å². The standard InChI is InChI=1S/C11H12INO5/c1-18-11(17)8(5-14)13-10(16)7-4-6(12)2-3-9(7)15/h2-4,8,14-15H,5H2,1H3,(H,13,16). The van der Waals surface area contributed by atoms with E-state index < -0.39 is 24.5 Å². The van der Waals surface area contributed by atoms with Crippen LogP contribution in [0.1, 0.15) is 10.4 Å². The maximum absolute atomic E-state index is 11.8. The SMILES string of the molecule is COC(=O)C(CO)NC(=O)c1cc(I)ccc1O. The number of methoxy groups -OCH3 is 1. The molecule has 6 nitrogen and oxygen atoms in total. The molecule has 1 amide bonds. The Bertz CT molecular complexity index is 463. The zero-order valence-corrected chi connectivity index (χ0v) is 11.7. The lowest BCUT2D eigenvalue weighted by Gasteiger charge is -2.14. The minimum absolute atomic E-state index is 0.0317. The van der Waals surface area contributed by atoms with Crippen molar-refractivity contribution in [2.75, 3.05) is 13.7 Å². The van der Waals surface area contributed by atoms with E-state index in [0.717, 1.165) is 10.7 Å². The third-order valence-electron chi connectivity index (χ3n) is 2.18. The summed E-state index contributed by atoms with van der Waals surface area (Å²) in [6, 6.07) is 3.33. The van der Waals surface area contributed by atoms with Gasteiger partial charge in [0.05, 0.1) is 19.3 Å². The zero-order chi connectivity index (χ0) is 13.7. The number of hydrogen-bond donors (Lipinski definition) is 3. The maximum atomic E-state index is 11.8. The monoisotopic (exact) mass is 365 g/mol. The number of benzene rings is 1. The number of ether oxygens (including phenoxy) is 1. The summed E-state index contributed by atoms with van der Waals surface area (Å²) in [7, 11) is 1.15. The molecule has 0 aliphatic rings. The van der Waals surface area contributed by atoms with Crippen LogP contribution in [-0.2, 0) is 9.53 Å². The minimum atomic E-state index is -1.15. The molecular weight excluding hydrogens is 353 g/mol. The molecule has 1 aromatic carbocycles. The number of phenols is 1. The van der Waals surface area contributed by atoms with Crippen molar-refractivity contribution in [2.24, 2.45) is 0 Å². The molecule has 1 unspecified atom stereocenters. The highest BCUT2D eigenvalue weighted by atomic mass is 127. The topological polar surface area (TPSA) is 95.9 Å². The van der Waals surface area contributed by atoms with Crippen LogP contribution in [0.3, 0.4) is 0 Å². The Kier molecular flexibility index (Phi) is 5.35. The van der Waals surface area contributed by atoms with Crippen LogP contribution < -0.4 is 5.32 Å². The lowest BCUT2D eigenvalue weighted by atomic mass is 10.1. The molecule has 0 heterocycles. The van der Waals surface area contributed by atoms with Crippen molar-refractivity contribution in [1.82, 2.24) is 5.32 Å². The van der Waals surface area contributed by atoms with Gasteiger partial charge >= 0.3 is 5.97 Å². The van der Waals surface area contributed by atoms with Gasteiger partial charge in [0.25, 0.3) is 5.91 Å². The van der Waals surface area contributed by atoms with Crippen LogP contribution in [0.2, 0.25) is 0 Å². The number of aliphatic hydroxyl groups excluding tert-OH is 1. The fraction of sp³-hybridized carbons (Fsp3) is 0.273. The number of carbonyl (C=O) groups is 2. The molecule has 1 atom stereocenters. The molecule has 1 aromatic rings. The number of carbonyl (C=O) groups excluding carboxylic acids is 2. The Hall–Kier alpha value is -1.35. The van der Waals surface area contributed by atoms with E-state index >= 15 is 0 Å². The molecule has 0 saturated heterocycles. The van der Waals surface area contributed by atoms with Gasteiger partial charge in [0.1, 0.15) is 5.75 Å². The highest BCUT2D eigenvalue weighted by Gasteiger charge is 2.22. The van der Waals surface area contributed by atoms with Crippen molar-refractivity contribution in [2.45, 2.75) is 6.04 Å². The average molecular weight is 365 g/mol. The Morgan fingerprint density at radius 2 is 2.17 bits per heavy atom. The number of rotatable bonds is 4. The van der Waals surface area contributed by atoms with E-state index in [9.17, 15) is 14.7 Å². The zero-order valence-electron chi connectivity index (χ0n) is 9.51. The van der Waals surface area contributed by atoms with Gasteiger partial charge in [-0.1, -0.05) is 0 Å². The van der Waals surface area contributed by atoms with E-state index in [-0.39, 0.29) is 11.3 Å². The number of esters is 1. The van der Waals surface area contributed by atoms with Crippen molar-refractivity contribution in [3.8, 4) is 5.75 Å². The molecule has 98 valence electrons. The Morgan fingerprint density at radius 1 is 1.50 bits per heavy atom. The summed E-state index contributed by atoms with van der Waals surface area (Å²) in [6.07, 6.45) is 0. The van der Waals surface area contributed by atoms with Crippen LogP contribution in [0, 0.1) is 3.57 Å². The fourth-order valence-corrected chi connectivity index (χ4v) is 1.74. The molecule has 0 aliphatic heterocycles. The predicted molar refractivity (Wildman–Crippen MR) is 71.2 cm³/mol. The third-order valence-corrected chi connectivity index (χ3v) is 2.85. The summed E-state index contributed by atoms with van der Waals surface area (Å²) in [5.41, 5.74) is 0.0317. The van der Waals surface area contributed by atoms with Crippen LogP contribution in [-0.4, -0.2) is 41.8 Å². The quantitative estimate of drug-likeness (QED) is 0.526. The first kappa shape index (κ1) is 14.7. The minimum Gasteiger partial charge on any atom is -0.507 e. The van der Waals surface area contributed by atoms with Crippen molar-refractivity contribution >= 4 is 34.5 Å². The largest absolute Gasteiger partial charge is 0.507 e. The van der Waals surface area contributed by atoms with Crippen LogP contribution in [0.15, 0.2) is 18.2 Å². The van der Waals surface area contributed by atoms with Crippen LogP contribution in [0.4, 0.5) is 0 Å². The van der Waals surface area contributed by atoms with Crippen molar-refractivity contribution < 1.29 is 24.5 Å². The predicted octanol–water partition coefficient (Wildman–Crippen LogP) is 0.260. The molecule has 0 fully saturated rings. The van der Waals surface area contributed by atoms with Gasteiger partial charge in [-0.2, -0.15) is 0 Å². The van der Waals surface area contributed by atoms with Gasteiger partial charge in [0.2, 0.25) is 0 Å². The second-order valence-electron chi connectivity index (χ2n) is 3.39. The molecule has 18 heavy (non-hydrogen) atoms. The first-order chi connectivity index (χ1) is 8.49. The number of hydrogen-bond acceptors (Lipinski definition) is 5. The van der Waals surface area contributed by atoms with Crippen molar-refractivity contribution in [3.63, 3.8) is 0 Å². The van der Waals surface area contributed by atoms with E-state index in [1.807, 2.05) is 22.6 Å². The Balaban J connectivity index is 2.87. The molecule has 3 N–H and O–H groups in total. The van der Waals surface area contributed by atoms with Gasteiger partial charge in [0, 0.05) is 3.57 Å². The van der Waals surface area contributed by atoms with Crippen LogP contribution in [0.25, 0.3) is 0 Å². The van der Waals surface area contributed by atoms with E-state index in [4.69, 9.17) is 5.11 Å². The third kappa shape index (κ3) is 3.57. The van der Waals surface area contributed by atoms with Gasteiger partial charge in [-0.15, -0.1) is 0 Å². The first-order valence-corrected chi connectivity index (χ1v) is 6.05.